The highest BCUT2D eigenvalue weighted by atomic mass is 15.2. The van der Waals surface area contributed by atoms with E-state index in [0.29, 0.717) is 0 Å². The van der Waals surface area contributed by atoms with Gasteiger partial charge in [0, 0.05) is 18.6 Å². The Bertz CT molecular complexity index is 282. The van der Waals surface area contributed by atoms with Crippen LogP contribution in [-0.2, 0) is 0 Å². The molecular weight excluding hydrogens is 220 g/mol. The minimum atomic E-state index is 0.161. The van der Waals surface area contributed by atoms with Gasteiger partial charge in [-0.1, -0.05) is 0 Å². The number of rotatable bonds is 4. The highest BCUT2D eigenvalue weighted by Crippen LogP contribution is 2.56. The van der Waals surface area contributed by atoms with Crippen molar-refractivity contribution in [2.45, 2.75) is 51.5 Å². The SMILES string of the molecule is CN(CC1C2CC3CC(C2)CC1C3)C(C)(C)CN. The molecule has 18 heavy (non-hydrogen) atoms. The zero-order chi connectivity index (χ0) is 12.9. The van der Waals surface area contributed by atoms with Crippen molar-refractivity contribution >= 4 is 0 Å². The van der Waals surface area contributed by atoms with Crippen molar-refractivity contribution in [3.05, 3.63) is 0 Å². The van der Waals surface area contributed by atoms with Crippen molar-refractivity contribution < 1.29 is 0 Å². The van der Waals surface area contributed by atoms with Crippen LogP contribution in [0.15, 0.2) is 0 Å². The summed E-state index contributed by atoms with van der Waals surface area (Å²) in [4.78, 5) is 2.53. The lowest BCUT2D eigenvalue weighted by molar-refractivity contribution is -0.0552. The van der Waals surface area contributed by atoms with Gasteiger partial charge >= 0.3 is 0 Å². The first-order valence-electron chi connectivity index (χ1n) is 7.91. The average Bonchev–Trinajstić information content (AvgIpc) is 2.32. The van der Waals surface area contributed by atoms with Crippen LogP contribution in [0.1, 0.15) is 46.0 Å². The van der Waals surface area contributed by atoms with E-state index in [9.17, 15) is 0 Å². The fraction of sp³-hybridized carbons (Fsp3) is 1.00. The van der Waals surface area contributed by atoms with Crippen LogP contribution in [0.2, 0.25) is 0 Å². The van der Waals surface area contributed by atoms with Crippen LogP contribution in [0.25, 0.3) is 0 Å². The number of nitrogens with zero attached hydrogens (tertiary/aromatic N) is 1. The Kier molecular flexibility index (Phi) is 3.22. The maximum Gasteiger partial charge on any atom is 0.0272 e. The molecule has 0 heterocycles. The van der Waals surface area contributed by atoms with Crippen molar-refractivity contribution in [2.24, 2.45) is 35.3 Å². The molecule has 2 heteroatoms. The van der Waals surface area contributed by atoms with Gasteiger partial charge in [0.2, 0.25) is 0 Å². The van der Waals surface area contributed by atoms with Crippen molar-refractivity contribution in [1.29, 1.82) is 0 Å². The summed E-state index contributed by atoms with van der Waals surface area (Å²) in [6.07, 6.45) is 7.70. The van der Waals surface area contributed by atoms with E-state index in [1.807, 2.05) is 0 Å². The third kappa shape index (κ3) is 2.12. The lowest BCUT2D eigenvalue weighted by Gasteiger charge is -2.56. The normalized spacial score (nSPS) is 42.8. The largest absolute Gasteiger partial charge is 0.329 e. The number of nitrogens with two attached hydrogens (primary N) is 1. The topological polar surface area (TPSA) is 29.3 Å². The fourth-order valence-electron chi connectivity index (χ4n) is 5.06. The van der Waals surface area contributed by atoms with E-state index in [4.69, 9.17) is 5.73 Å². The zero-order valence-electron chi connectivity index (χ0n) is 12.4. The second kappa shape index (κ2) is 4.49. The van der Waals surface area contributed by atoms with Gasteiger partial charge in [0.25, 0.3) is 0 Å². The summed E-state index contributed by atoms with van der Waals surface area (Å²) in [6, 6.07) is 0. The molecular formula is C16H30N2. The monoisotopic (exact) mass is 250 g/mol. The smallest absolute Gasteiger partial charge is 0.0272 e. The molecule has 4 aliphatic carbocycles. The summed E-state index contributed by atoms with van der Waals surface area (Å²) in [5, 5.41) is 0. The molecule has 0 atom stereocenters. The molecule has 0 spiro atoms. The van der Waals surface area contributed by atoms with Gasteiger partial charge in [-0.05, 0) is 82.6 Å². The maximum atomic E-state index is 5.92. The first-order valence-corrected chi connectivity index (χ1v) is 7.91. The first kappa shape index (κ1) is 12.9. The Morgan fingerprint density at radius 1 is 1.00 bits per heavy atom. The molecule has 4 bridgehead atoms. The quantitative estimate of drug-likeness (QED) is 0.831. The van der Waals surface area contributed by atoms with Crippen LogP contribution < -0.4 is 5.73 Å². The second-order valence-corrected chi connectivity index (χ2v) is 7.99. The molecule has 0 saturated heterocycles. The average molecular weight is 250 g/mol. The summed E-state index contributed by atoms with van der Waals surface area (Å²) in [6.45, 7) is 6.60. The molecule has 0 aliphatic heterocycles. The van der Waals surface area contributed by atoms with Gasteiger partial charge in [-0.15, -0.1) is 0 Å². The molecule has 4 rings (SSSR count). The first-order chi connectivity index (χ1) is 8.49. The Morgan fingerprint density at radius 3 is 1.94 bits per heavy atom. The van der Waals surface area contributed by atoms with Gasteiger partial charge in [0.1, 0.15) is 0 Å². The van der Waals surface area contributed by atoms with E-state index in [-0.39, 0.29) is 5.54 Å². The lowest BCUT2D eigenvalue weighted by Crippen LogP contribution is -2.54. The number of likely N-dealkylation sites (N-methyl/N-ethyl adjacent to an activating group) is 1. The summed E-state index contributed by atoms with van der Waals surface area (Å²) in [5.41, 5.74) is 6.08. The van der Waals surface area contributed by atoms with Crippen LogP contribution >= 0.6 is 0 Å². The van der Waals surface area contributed by atoms with Crippen LogP contribution in [0.4, 0.5) is 0 Å². The molecule has 4 fully saturated rings. The number of hydrogen-bond donors (Lipinski definition) is 1. The molecule has 0 aromatic rings. The third-order valence-electron chi connectivity index (χ3n) is 6.44. The molecule has 0 unspecified atom stereocenters. The van der Waals surface area contributed by atoms with Crippen LogP contribution in [0.3, 0.4) is 0 Å². The van der Waals surface area contributed by atoms with Crippen molar-refractivity contribution in [3.8, 4) is 0 Å². The van der Waals surface area contributed by atoms with E-state index < -0.39 is 0 Å². The molecule has 0 radical (unpaired) electrons. The Hall–Kier alpha value is -0.0800. The Balaban J connectivity index is 1.67. The van der Waals surface area contributed by atoms with Gasteiger partial charge in [0.05, 0.1) is 0 Å². The fourth-order valence-corrected chi connectivity index (χ4v) is 5.06. The van der Waals surface area contributed by atoms with E-state index in [0.717, 1.165) is 36.1 Å². The second-order valence-electron chi connectivity index (χ2n) is 7.99. The summed E-state index contributed by atoms with van der Waals surface area (Å²) >= 11 is 0. The molecule has 0 aromatic carbocycles. The van der Waals surface area contributed by atoms with Gasteiger partial charge in [-0.3, -0.25) is 4.90 Å². The van der Waals surface area contributed by atoms with Crippen molar-refractivity contribution in [2.75, 3.05) is 20.1 Å². The molecule has 0 aromatic heterocycles. The van der Waals surface area contributed by atoms with E-state index in [2.05, 4.69) is 25.8 Å². The van der Waals surface area contributed by atoms with Gasteiger partial charge < -0.3 is 5.73 Å². The third-order valence-corrected chi connectivity index (χ3v) is 6.44. The predicted molar refractivity (Wildman–Crippen MR) is 76.3 cm³/mol. The Morgan fingerprint density at radius 2 is 1.50 bits per heavy atom. The van der Waals surface area contributed by atoms with Crippen molar-refractivity contribution in [1.82, 2.24) is 4.90 Å². The van der Waals surface area contributed by atoms with Gasteiger partial charge in [-0.2, -0.15) is 0 Å². The highest BCUT2D eigenvalue weighted by molar-refractivity contribution is 4.99. The molecule has 2 nitrogen and oxygen atoms in total. The standard InChI is InChI=1S/C16H30N2/c1-16(2,10-17)18(3)9-15-13-5-11-4-12(7-13)8-14(15)6-11/h11-15H,4-10,17H2,1-3H3. The molecule has 104 valence electrons. The van der Waals surface area contributed by atoms with E-state index >= 15 is 0 Å². The summed E-state index contributed by atoms with van der Waals surface area (Å²) in [5.74, 6) is 5.23. The van der Waals surface area contributed by atoms with Gasteiger partial charge in [0.15, 0.2) is 0 Å². The van der Waals surface area contributed by atoms with Gasteiger partial charge in [-0.25, -0.2) is 0 Å². The molecule has 4 saturated carbocycles. The van der Waals surface area contributed by atoms with Crippen LogP contribution in [0.5, 0.6) is 0 Å². The van der Waals surface area contributed by atoms with Crippen molar-refractivity contribution in [3.63, 3.8) is 0 Å². The molecule has 0 amide bonds. The van der Waals surface area contributed by atoms with E-state index in [1.54, 1.807) is 6.42 Å². The zero-order valence-corrected chi connectivity index (χ0v) is 12.4. The summed E-state index contributed by atoms with van der Waals surface area (Å²) < 4.78 is 0. The predicted octanol–water partition coefficient (Wildman–Crippen LogP) is 2.73. The molecule has 4 aliphatic rings. The minimum Gasteiger partial charge on any atom is -0.329 e. The van der Waals surface area contributed by atoms with Crippen LogP contribution in [0, 0.1) is 29.6 Å². The minimum absolute atomic E-state index is 0.161. The number of hydrogen-bond acceptors (Lipinski definition) is 2. The molecule has 2 N–H and O–H groups in total. The highest BCUT2D eigenvalue weighted by Gasteiger charge is 2.48. The van der Waals surface area contributed by atoms with Crippen LogP contribution in [-0.4, -0.2) is 30.6 Å². The Labute approximate surface area is 112 Å². The summed E-state index contributed by atoms with van der Waals surface area (Å²) in [7, 11) is 2.28. The lowest BCUT2D eigenvalue weighted by atomic mass is 9.52. The van der Waals surface area contributed by atoms with E-state index in [1.165, 1.54) is 32.2 Å². The maximum absolute atomic E-state index is 5.92.